The third-order valence-electron chi connectivity index (χ3n) is 0.420. The van der Waals surface area contributed by atoms with E-state index in [4.69, 9.17) is 20.2 Å². The van der Waals surface area contributed by atoms with Gasteiger partial charge in [0.05, 0.1) is 12.4 Å². The van der Waals surface area contributed by atoms with Crippen molar-refractivity contribution in [3.05, 3.63) is 34.6 Å². The molecule has 4 N–H and O–H groups in total. The van der Waals surface area contributed by atoms with E-state index in [-0.39, 0.29) is 0 Å². The average Bonchev–Trinajstić information content (AvgIpc) is 2.25. The van der Waals surface area contributed by atoms with Crippen molar-refractivity contribution in [3.8, 4) is 0 Å². The number of rotatable bonds is 4. The molecule has 0 aromatic carbocycles. The van der Waals surface area contributed by atoms with E-state index in [1.165, 1.54) is 0 Å². The minimum absolute atomic E-state index is 0.889. The molecule has 0 bridgehead atoms. The number of hydroxylamine groups is 2. The van der Waals surface area contributed by atoms with Crippen LogP contribution in [0.1, 0.15) is 0 Å². The molecule has 11 heteroatoms. The van der Waals surface area contributed by atoms with Crippen molar-refractivity contribution in [2.75, 3.05) is 0 Å². The van der Waals surface area contributed by atoms with E-state index in [1.807, 2.05) is 0 Å². The maximum atomic E-state index is 9.08. The summed E-state index contributed by atoms with van der Waals surface area (Å²) < 4.78 is 0. The Morgan fingerprint density at radius 3 is 1.33 bits per heavy atom. The van der Waals surface area contributed by atoms with Gasteiger partial charge in [-0.25, -0.2) is 0 Å². The quantitative estimate of drug-likeness (QED) is 0.427. The van der Waals surface area contributed by atoms with E-state index >= 15 is 0 Å². The van der Waals surface area contributed by atoms with E-state index < -0.39 is 0 Å². The summed E-state index contributed by atoms with van der Waals surface area (Å²) in [5.41, 5.74) is 3.19. The first kappa shape index (κ1) is 20.1. The fourth-order valence-corrected chi connectivity index (χ4v) is 0.128. The Kier molecular flexibility index (Phi) is 39.2. The van der Waals surface area contributed by atoms with Crippen molar-refractivity contribution in [3.63, 3.8) is 0 Å². The molecule has 0 aromatic rings. The van der Waals surface area contributed by atoms with Gasteiger partial charge in [-0.15, -0.1) is 9.81 Å². The Morgan fingerprint density at radius 1 is 1.00 bits per heavy atom. The van der Waals surface area contributed by atoms with Gasteiger partial charge in [0.25, 0.3) is 0 Å². The van der Waals surface area contributed by atoms with E-state index in [0.29, 0.717) is 0 Å². The molecular weight excluding hydrogens is 387 g/mol. The van der Waals surface area contributed by atoms with Crippen molar-refractivity contribution in [2.24, 2.45) is 10.4 Å². The van der Waals surface area contributed by atoms with Crippen LogP contribution in [0.5, 0.6) is 0 Å². The molecule has 0 aromatic heterocycles. The molecule has 0 fully saturated rings. The summed E-state index contributed by atoms with van der Waals surface area (Å²) in [5, 5.41) is 19.9. The molecule has 0 unspecified atom stereocenters. The second kappa shape index (κ2) is 29.2. The van der Waals surface area contributed by atoms with Gasteiger partial charge in [0, 0.05) is 12.4 Å². The van der Waals surface area contributed by atoms with Gasteiger partial charge in [-0.1, -0.05) is 0 Å². The molecule has 0 radical (unpaired) electrons. The van der Waals surface area contributed by atoms with Gasteiger partial charge < -0.3 is 0 Å². The predicted octanol–water partition coefficient (Wildman–Crippen LogP) is 2.09. The van der Waals surface area contributed by atoms with Crippen LogP contribution in [0.4, 0.5) is 0 Å². The molecule has 91 valence electrons. The Bertz CT molecular complexity index is 164. The first-order chi connectivity index (χ1) is 7.24. The van der Waals surface area contributed by atoms with Gasteiger partial charge in [-0.2, -0.15) is 0 Å². The minimum atomic E-state index is 0.889. The van der Waals surface area contributed by atoms with Crippen molar-refractivity contribution < 1.29 is 21.5 Å². The third kappa shape index (κ3) is 57.9. The number of nitrogens with one attached hydrogen (secondary N) is 2. The van der Waals surface area contributed by atoms with Crippen LogP contribution in [0.25, 0.3) is 0 Å². The standard InChI is InChI=1S/2C2H4N2O2.2BrH.Co/c2*5-3-1-2-4-6;;;/h2*1-3,5H;2*1H;/q;;;;+2/p-2. The number of halogens is 2. The molecule has 0 aliphatic carbocycles. The molecule has 0 aliphatic heterocycles. The second-order valence-corrected chi connectivity index (χ2v) is 6.40. The van der Waals surface area contributed by atoms with Crippen LogP contribution >= 0.6 is 28.3 Å². The van der Waals surface area contributed by atoms with Crippen LogP contribution in [0.15, 0.2) is 35.2 Å². The summed E-state index contributed by atoms with van der Waals surface area (Å²) in [4.78, 5) is 18.2. The Hall–Kier alpha value is -0.334. The molecule has 15 heavy (non-hydrogen) atoms. The van der Waals surface area contributed by atoms with E-state index in [2.05, 4.69) is 38.7 Å². The third-order valence-corrected chi connectivity index (χ3v) is 0.420. The van der Waals surface area contributed by atoms with E-state index in [1.54, 1.807) is 11.0 Å². The number of nitrogens with zero attached hydrogens (tertiary/aromatic N) is 2. The zero-order chi connectivity index (χ0) is 12.4. The Labute approximate surface area is 106 Å². The molecular formula is C4H8Br2CoN4O4. The number of nitroso groups, excluding NO2 is 2. The summed E-state index contributed by atoms with van der Waals surface area (Å²) in [6, 6.07) is 0. The Balaban J connectivity index is -0.000000153. The van der Waals surface area contributed by atoms with Crippen molar-refractivity contribution in [1.29, 1.82) is 0 Å². The molecule has 0 amide bonds. The fraction of sp³-hybridized carbons (Fsp3) is 0. The van der Waals surface area contributed by atoms with E-state index in [9.17, 15) is 0 Å². The Morgan fingerprint density at radius 2 is 1.27 bits per heavy atom. The van der Waals surface area contributed by atoms with Gasteiger partial charge in [0.2, 0.25) is 0 Å². The predicted molar refractivity (Wildman–Crippen MR) is 57.6 cm³/mol. The summed E-state index contributed by atoms with van der Waals surface area (Å²) in [5.74, 6) is 0. The van der Waals surface area contributed by atoms with Gasteiger partial charge in [-0.05, 0) is 10.4 Å². The molecule has 0 spiro atoms. The van der Waals surface area contributed by atoms with Gasteiger partial charge in [0.1, 0.15) is 0 Å². The maximum absolute atomic E-state index is 9.08. The van der Waals surface area contributed by atoms with Gasteiger partial charge in [0.15, 0.2) is 0 Å². The summed E-state index contributed by atoms with van der Waals surface area (Å²) in [6.45, 7) is 0. The van der Waals surface area contributed by atoms with Crippen LogP contribution in [0.3, 0.4) is 0 Å². The number of hydrogen-bond donors (Lipinski definition) is 4. The van der Waals surface area contributed by atoms with Crippen LogP contribution < -0.4 is 11.0 Å². The summed E-state index contributed by atoms with van der Waals surface area (Å²) in [6.07, 6.45) is 3.79. The molecule has 0 heterocycles. The summed E-state index contributed by atoms with van der Waals surface area (Å²) in [7, 11) is 0. The van der Waals surface area contributed by atoms with E-state index in [0.717, 1.165) is 35.9 Å². The summed E-state index contributed by atoms with van der Waals surface area (Å²) >= 11 is 7.12. The van der Waals surface area contributed by atoms with Gasteiger partial charge >= 0.3 is 39.5 Å². The van der Waals surface area contributed by atoms with Crippen LogP contribution in [-0.4, -0.2) is 10.4 Å². The van der Waals surface area contributed by atoms with Gasteiger partial charge in [-0.3, -0.25) is 21.4 Å². The average molecular weight is 395 g/mol. The molecule has 0 rings (SSSR count). The fourth-order valence-electron chi connectivity index (χ4n) is 0.128. The zero-order valence-electron chi connectivity index (χ0n) is 7.00. The molecule has 0 atom stereocenters. The topological polar surface area (TPSA) is 123 Å². The first-order valence-corrected chi connectivity index (χ1v) is 7.97. The van der Waals surface area contributed by atoms with Crippen molar-refractivity contribution in [1.82, 2.24) is 11.0 Å². The SMILES string of the molecule is O=NC=CNO.O=NC=CNO.[Br][Co][Br]. The van der Waals surface area contributed by atoms with Crippen LogP contribution in [0, 0.1) is 9.81 Å². The van der Waals surface area contributed by atoms with Crippen molar-refractivity contribution >= 4 is 28.3 Å². The first-order valence-electron chi connectivity index (χ1n) is 2.82. The monoisotopic (exact) mass is 393 g/mol. The van der Waals surface area contributed by atoms with Crippen LogP contribution in [0.2, 0.25) is 0 Å². The van der Waals surface area contributed by atoms with Crippen molar-refractivity contribution in [2.45, 2.75) is 0 Å². The normalized spacial score (nSPS) is 8.53. The number of hydrogen-bond acceptors (Lipinski definition) is 8. The second-order valence-electron chi connectivity index (χ2n) is 1.15. The zero-order valence-corrected chi connectivity index (χ0v) is 11.2. The molecule has 8 nitrogen and oxygen atoms in total. The molecule has 0 saturated heterocycles. The molecule has 0 saturated carbocycles. The molecule has 0 aliphatic rings. The van der Waals surface area contributed by atoms with Crippen LogP contribution in [-0.2, 0) is 11.1 Å².